The molecular weight excluding hydrogens is 158 g/mol. The van der Waals surface area contributed by atoms with Crippen LogP contribution in [0.3, 0.4) is 0 Å². The second-order valence-electron chi connectivity index (χ2n) is 2.75. The van der Waals surface area contributed by atoms with Gasteiger partial charge in [-0.2, -0.15) is 0 Å². The lowest BCUT2D eigenvalue weighted by Gasteiger charge is -1.93. The number of rotatable bonds is 1. The molecular formula is C8H7NO3. The molecule has 0 saturated carbocycles. The molecule has 2 rings (SSSR count). The molecule has 0 aliphatic carbocycles. The standard InChI is InChI=1S/C8H7NO3/c10-6-2-4-9-3-1-5(7(6)9)8(11)12/h1,3H,2,4H2,(H,11,12). The number of ketones is 1. The number of hydrogen-bond donors (Lipinski definition) is 1. The number of aryl methyl sites for hydroxylation is 1. The largest absolute Gasteiger partial charge is 0.478 e. The summed E-state index contributed by atoms with van der Waals surface area (Å²) in [7, 11) is 0. The fraction of sp³-hybridized carbons (Fsp3) is 0.250. The summed E-state index contributed by atoms with van der Waals surface area (Å²) in [6.45, 7) is 0.613. The van der Waals surface area contributed by atoms with Crippen molar-refractivity contribution in [2.75, 3.05) is 0 Å². The van der Waals surface area contributed by atoms with Gasteiger partial charge in [-0.1, -0.05) is 0 Å². The molecule has 1 aromatic heterocycles. The van der Waals surface area contributed by atoms with Crippen LogP contribution in [0.25, 0.3) is 0 Å². The number of hydrogen-bond acceptors (Lipinski definition) is 2. The first-order valence-electron chi connectivity index (χ1n) is 3.66. The van der Waals surface area contributed by atoms with Crippen LogP contribution in [0.5, 0.6) is 0 Å². The first-order valence-corrected chi connectivity index (χ1v) is 3.66. The minimum Gasteiger partial charge on any atom is -0.478 e. The third-order valence-electron chi connectivity index (χ3n) is 2.04. The predicted octanol–water partition coefficient (Wildman–Crippen LogP) is 0.773. The van der Waals surface area contributed by atoms with Gasteiger partial charge < -0.3 is 9.67 Å². The van der Waals surface area contributed by atoms with Gasteiger partial charge in [-0.3, -0.25) is 4.79 Å². The van der Waals surface area contributed by atoms with Crippen molar-refractivity contribution in [3.8, 4) is 0 Å². The number of carbonyl (C=O) groups excluding carboxylic acids is 1. The van der Waals surface area contributed by atoms with E-state index in [9.17, 15) is 9.59 Å². The van der Waals surface area contributed by atoms with Crippen LogP contribution in [-0.4, -0.2) is 21.4 Å². The van der Waals surface area contributed by atoms with Crippen LogP contribution in [0.2, 0.25) is 0 Å². The summed E-state index contributed by atoms with van der Waals surface area (Å²) in [5.74, 6) is -1.10. The van der Waals surface area contributed by atoms with Crippen molar-refractivity contribution >= 4 is 11.8 Å². The molecule has 0 fully saturated rings. The second-order valence-corrected chi connectivity index (χ2v) is 2.75. The molecule has 1 aromatic rings. The van der Waals surface area contributed by atoms with Crippen LogP contribution in [0.4, 0.5) is 0 Å². The maximum atomic E-state index is 11.2. The quantitative estimate of drug-likeness (QED) is 0.668. The Balaban J connectivity index is 2.60. The zero-order valence-corrected chi connectivity index (χ0v) is 6.28. The smallest absolute Gasteiger partial charge is 0.338 e. The lowest BCUT2D eigenvalue weighted by Crippen LogP contribution is -2.03. The average molecular weight is 165 g/mol. The Kier molecular flexibility index (Phi) is 1.30. The third-order valence-corrected chi connectivity index (χ3v) is 2.04. The van der Waals surface area contributed by atoms with E-state index >= 15 is 0 Å². The van der Waals surface area contributed by atoms with E-state index in [1.165, 1.54) is 6.07 Å². The molecule has 0 aromatic carbocycles. The first kappa shape index (κ1) is 7.09. The molecule has 0 saturated heterocycles. The van der Waals surface area contributed by atoms with Gasteiger partial charge >= 0.3 is 5.97 Å². The molecule has 4 heteroatoms. The zero-order valence-electron chi connectivity index (χ0n) is 6.28. The molecule has 2 heterocycles. The highest BCUT2D eigenvalue weighted by atomic mass is 16.4. The molecule has 0 amide bonds. The molecule has 62 valence electrons. The molecule has 0 unspecified atom stereocenters. The number of aromatic nitrogens is 1. The van der Waals surface area contributed by atoms with Crippen LogP contribution >= 0.6 is 0 Å². The Labute approximate surface area is 68.4 Å². The summed E-state index contributed by atoms with van der Waals surface area (Å²) in [5.41, 5.74) is 0.472. The van der Waals surface area contributed by atoms with Crippen LogP contribution in [-0.2, 0) is 6.54 Å². The van der Waals surface area contributed by atoms with E-state index in [2.05, 4.69) is 0 Å². The van der Waals surface area contributed by atoms with Gasteiger partial charge in [-0.05, 0) is 6.07 Å². The Morgan fingerprint density at radius 1 is 1.58 bits per heavy atom. The van der Waals surface area contributed by atoms with Gasteiger partial charge in [0.05, 0.1) is 11.3 Å². The molecule has 1 N–H and O–H groups in total. The summed E-state index contributed by atoms with van der Waals surface area (Å²) < 4.78 is 1.69. The van der Waals surface area contributed by atoms with Crippen molar-refractivity contribution in [3.63, 3.8) is 0 Å². The number of fused-ring (bicyclic) bond motifs is 1. The molecule has 0 radical (unpaired) electrons. The summed E-state index contributed by atoms with van der Waals surface area (Å²) in [6.07, 6.45) is 2.07. The van der Waals surface area contributed by atoms with Crippen LogP contribution in [0, 0.1) is 0 Å². The van der Waals surface area contributed by atoms with Gasteiger partial charge in [-0.15, -0.1) is 0 Å². The van der Waals surface area contributed by atoms with Crippen molar-refractivity contribution in [3.05, 3.63) is 23.5 Å². The van der Waals surface area contributed by atoms with E-state index in [4.69, 9.17) is 5.11 Å². The van der Waals surface area contributed by atoms with E-state index in [1.807, 2.05) is 0 Å². The highest BCUT2D eigenvalue weighted by Crippen LogP contribution is 2.20. The Morgan fingerprint density at radius 3 is 3.00 bits per heavy atom. The van der Waals surface area contributed by atoms with Crippen LogP contribution in [0.1, 0.15) is 27.3 Å². The molecule has 0 bridgehead atoms. The maximum Gasteiger partial charge on any atom is 0.338 e. The van der Waals surface area contributed by atoms with E-state index < -0.39 is 5.97 Å². The normalized spacial score (nSPS) is 14.8. The number of carboxylic acids is 1. The zero-order chi connectivity index (χ0) is 8.72. The Bertz CT molecular complexity index is 364. The highest BCUT2D eigenvalue weighted by Gasteiger charge is 2.25. The average Bonchev–Trinajstić information content (AvgIpc) is 2.53. The summed E-state index contributed by atoms with van der Waals surface area (Å²) in [5, 5.41) is 8.69. The fourth-order valence-electron chi connectivity index (χ4n) is 1.48. The maximum absolute atomic E-state index is 11.2. The van der Waals surface area contributed by atoms with Gasteiger partial charge in [0.1, 0.15) is 0 Å². The number of carbonyl (C=O) groups is 2. The molecule has 4 nitrogen and oxygen atoms in total. The van der Waals surface area contributed by atoms with Gasteiger partial charge in [0, 0.05) is 19.2 Å². The Morgan fingerprint density at radius 2 is 2.33 bits per heavy atom. The van der Waals surface area contributed by atoms with Gasteiger partial charge in [0.25, 0.3) is 0 Å². The second kappa shape index (κ2) is 2.20. The summed E-state index contributed by atoms with van der Waals surface area (Å²) in [6, 6.07) is 1.47. The minimum absolute atomic E-state index is 0.0719. The van der Waals surface area contributed by atoms with Gasteiger partial charge in [0.2, 0.25) is 0 Å². The SMILES string of the molecule is O=C(O)c1ccn2c1C(=O)CC2. The summed E-state index contributed by atoms with van der Waals surface area (Å²) >= 11 is 0. The molecule has 12 heavy (non-hydrogen) atoms. The van der Waals surface area contributed by atoms with Crippen LogP contribution in [0.15, 0.2) is 12.3 Å². The first-order chi connectivity index (χ1) is 5.70. The van der Waals surface area contributed by atoms with E-state index in [0.717, 1.165) is 0 Å². The fourth-order valence-corrected chi connectivity index (χ4v) is 1.48. The van der Waals surface area contributed by atoms with E-state index in [0.29, 0.717) is 18.7 Å². The molecule has 0 atom stereocenters. The number of carboxylic acid groups (broad SMARTS) is 1. The summed E-state index contributed by atoms with van der Waals surface area (Å²) in [4.78, 5) is 21.8. The highest BCUT2D eigenvalue weighted by molar-refractivity contribution is 6.06. The van der Waals surface area contributed by atoms with Crippen molar-refractivity contribution in [1.82, 2.24) is 4.57 Å². The number of nitrogens with zero attached hydrogens (tertiary/aromatic N) is 1. The van der Waals surface area contributed by atoms with Gasteiger partial charge in [-0.25, -0.2) is 4.79 Å². The van der Waals surface area contributed by atoms with Crippen molar-refractivity contribution in [2.45, 2.75) is 13.0 Å². The van der Waals surface area contributed by atoms with Crippen molar-refractivity contribution < 1.29 is 14.7 Å². The number of aromatic carboxylic acids is 1. The molecule has 0 spiro atoms. The molecule has 1 aliphatic heterocycles. The lowest BCUT2D eigenvalue weighted by atomic mass is 10.2. The minimum atomic E-state index is -1.03. The lowest BCUT2D eigenvalue weighted by molar-refractivity contribution is 0.0692. The van der Waals surface area contributed by atoms with Crippen molar-refractivity contribution in [2.24, 2.45) is 0 Å². The van der Waals surface area contributed by atoms with E-state index in [1.54, 1.807) is 10.8 Å². The van der Waals surface area contributed by atoms with E-state index in [-0.39, 0.29) is 11.3 Å². The number of Topliss-reactive ketones (excluding diaryl/α,β-unsaturated/α-hetero) is 1. The van der Waals surface area contributed by atoms with Crippen LogP contribution < -0.4 is 0 Å². The third kappa shape index (κ3) is 0.777. The predicted molar refractivity (Wildman–Crippen MR) is 40.3 cm³/mol. The van der Waals surface area contributed by atoms with Gasteiger partial charge in [0.15, 0.2) is 5.78 Å². The monoisotopic (exact) mass is 165 g/mol. The Hall–Kier alpha value is -1.58. The topological polar surface area (TPSA) is 59.3 Å². The van der Waals surface area contributed by atoms with Crippen molar-refractivity contribution in [1.29, 1.82) is 0 Å². The molecule has 1 aliphatic rings.